The minimum Gasteiger partial charge on any atom is -0.425 e. The van der Waals surface area contributed by atoms with E-state index in [-0.39, 0.29) is 83.8 Å². The Bertz CT molecular complexity index is 2250. The lowest BCUT2D eigenvalue weighted by molar-refractivity contribution is -0.135. The van der Waals surface area contributed by atoms with Gasteiger partial charge in [-0.05, 0) is 55.7 Å². The Morgan fingerprint density at radius 3 is 2.44 bits per heavy atom. The monoisotopic (exact) mass is 705 g/mol. The molecular weight excluding hydrogens is 672 g/mol. The normalized spacial score (nSPS) is 18.2. The molecular formula is C35H33F2N5O7S. The predicted molar refractivity (Wildman–Crippen MR) is 179 cm³/mol. The van der Waals surface area contributed by atoms with Crippen LogP contribution in [-0.2, 0) is 24.2 Å². The third kappa shape index (κ3) is 5.93. The number of hydrogen-bond acceptors (Lipinski definition) is 10. The fourth-order valence-electron chi connectivity index (χ4n) is 6.46. The van der Waals surface area contributed by atoms with Crippen LogP contribution in [0.15, 0.2) is 64.8 Å². The van der Waals surface area contributed by atoms with Crippen LogP contribution in [0.5, 0.6) is 5.75 Å². The number of aromatic nitrogens is 3. The first-order chi connectivity index (χ1) is 23.9. The van der Waals surface area contributed by atoms with E-state index in [9.17, 15) is 22.8 Å². The highest BCUT2D eigenvalue weighted by Gasteiger charge is 2.35. The quantitative estimate of drug-likeness (QED) is 0.151. The molecule has 50 heavy (non-hydrogen) atoms. The van der Waals surface area contributed by atoms with Crippen LogP contribution < -0.4 is 15.3 Å². The predicted octanol–water partition coefficient (Wildman–Crippen LogP) is 3.78. The lowest BCUT2D eigenvalue weighted by Crippen LogP contribution is -2.54. The topological polar surface area (TPSA) is 141 Å². The first-order valence-corrected chi connectivity index (χ1v) is 18.0. The van der Waals surface area contributed by atoms with Gasteiger partial charge in [0.2, 0.25) is 5.91 Å². The van der Waals surface area contributed by atoms with Crippen molar-refractivity contribution in [3.8, 4) is 22.7 Å². The molecule has 1 saturated carbocycles. The van der Waals surface area contributed by atoms with Gasteiger partial charge in [-0.15, -0.1) is 0 Å². The van der Waals surface area contributed by atoms with E-state index in [1.165, 1.54) is 24.3 Å². The fourth-order valence-corrected chi connectivity index (χ4v) is 7.34. The van der Waals surface area contributed by atoms with Crippen LogP contribution in [0.25, 0.3) is 28.0 Å². The summed E-state index contributed by atoms with van der Waals surface area (Å²) >= 11 is 0. The second-order valence-corrected chi connectivity index (χ2v) is 14.8. The number of carbonyl (C=O) groups excluding carboxylic acids is 2. The Balaban J connectivity index is 1.52. The van der Waals surface area contributed by atoms with Gasteiger partial charge in [-0.1, -0.05) is 24.8 Å². The first kappa shape index (κ1) is 33.5. The zero-order valence-corrected chi connectivity index (χ0v) is 28.1. The second kappa shape index (κ2) is 12.7. The average Bonchev–Trinajstić information content (AvgIpc) is 3.90. The minimum absolute atomic E-state index is 0.0224. The van der Waals surface area contributed by atoms with E-state index in [2.05, 4.69) is 16.5 Å². The van der Waals surface area contributed by atoms with Crippen molar-refractivity contribution in [2.45, 2.75) is 36.6 Å². The van der Waals surface area contributed by atoms with Gasteiger partial charge >= 0.3 is 11.7 Å². The molecule has 0 N–H and O–H groups in total. The molecule has 260 valence electrons. The van der Waals surface area contributed by atoms with Crippen molar-refractivity contribution in [2.24, 2.45) is 5.92 Å². The molecule has 2 aromatic carbocycles. The minimum atomic E-state index is -3.97. The van der Waals surface area contributed by atoms with E-state index in [0.29, 0.717) is 18.4 Å². The van der Waals surface area contributed by atoms with Gasteiger partial charge in [0, 0.05) is 37.8 Å². The highest BCUT2D eigenvalue weighted by Crippen LogP contribution is 2.40. The number of para-hydroxylation sites is 1. The molecule has 1 aliphatic carbocycles. The molecule has 3 aliphatic rings. The summed E-state index contributed by atoms with van der Waals surface area (Å²) in [5.74, 6) is -3.60. The molecule has 2 aliphatic heterocycles. The number of halogens is 2. The van der Waals surface area contributed by atoms with Gasteiger partial charge in [0.25, 0.3) is 0 Å². The Morgan fingerprint density at radius 1 is 1.06 bits per heavy atom. The summed E-state index contributed by atoms with van der Waals surface area (Å²) in [4.78, 5) is 51.4. The summed E-state index contributed by atoms with van der Waals surface area (Å²) in [5, 5.41) is 0.0353. The van der Waals surface area contributed by atoms with Gasteiger partial charge < -0.3 is 19.3 Å². The van der Waals surface area contributed by atoms with Crippen molar-refractivity contribution < 1.29 is 36.3 Å². The molecule has 3 fully saturated rings. The second-order valence-electron chi connectivity index (χ2n) is 12.8. The number of carbonyl (C=O) groups is 2. The molecule has 2 aromatic heterocycles. The maximum atomic E-state index is 16.4. The van der Waals surface area contributed by atoms with Crippen molar-refractivity contribution in [3.05, 3.63) is 82.8 Å². The molecule has 15 heteroatoms. The van der Waals surface area contributed by atoms with Crippen LogP contribution >= 0.6 is 0 Å². The third-order valence-corrected chi connectivity index (χ3v) is 10.4. The van der Waals surface area contributed by atoms with E-state index in [1.54, 1.807) is 21.9 Å². The highest BCUT2D eigenvalue weighted by atomic mass is 32.2. The molecule has 1 amide bonds. The van der Waals surface area contributed by atoms with Gasteiger partial charge in [-0.2, -0.15) is 4.98 Å². The van der Waals surface area contributed by atoms with Crippen LogP contribution in [0, 0.1) is 17.6 Å². The molecule has 4 aromatic rings. The van der Waals surface area contributed by atoms with Crippen LogP contribution in [0.2, 0.25) is 0 Å². The number of rotatable bonds is 8. The van der Waals surface area contributed by atoms with E-state index < -0.39 is 50.4 Å². The standard InChI is InChI=1S/C35H33F2N5O7S/c1-4-28(43)40-13-14-41(19(2)16-40)32-23-15-25(37)30(29-24(36)8-6-9-26(29)49-34(44)20-11-12-20)38-33(23)42(35(45)39-32)31-22(21-17-48-18-21)7-5-10-27(31)50(3,46)47/h4-10,15,19-21H,1,11-14,16-18H2,2-3H3/t19-/m0/s1. The van der Waals surface area contributed by atoms with Gasteiger partial charge in [0.15, 0.2) is 21.3 Å². The van der Waals surface area contributed by atoms with E-state index in [0.717, 1.165) is 23.0 Å². The van der Waals surface area contributed by atoms with Crippen molar-refractivity contribution in [2.75, 3.05) is 44.0 Å². The lowest BCUT2D eigenvalue weighted by Gasteiger charge is -2.40. The molecule has 0 radical (unpaired) electrons. The molecule has 4 heterocycles. The number of piperazine rings is 1. The number of hydrogen-bond donors (Lipinski definition) is 0. The average molecular weight is 706 g/mol. The van der Waals surface area contributed by atoms with Gasteiger partial charge in [-0.25, -0.2) is 31.5 Å². The molecule has 0 unspecified atom stereocenters. The van der Waals surface area contributed by atoms with Crippen LogP contribution in [-0.4, -0.2) is 84.9 Å². The number of nitrogens with zero attached hydrogens (tertiary/aromatic N) is 5. The molecule has 12 nitrogen and oxygen atoms in total. The number of fused-ring (bicyclic) bond motifs is 1. The third-order valence-electron chi connectivity index (χ3n) is 9.25. The molecule has 2 saturated heterocycles. The lowest BCUT2D eigenvalue weighted by atomic mass is 9.95. The summed E-state index contributed by atoms with van der Waals surface area (Å²) in [5.41, 5.74) is -1.66. The number of anilines is 1. The van der Waals surface area contributed by atoms with Crippen LogP contribution in [0.4, 0.5) is 14.6 Å². The SMILES string of the molecule is C=CC(=O)N1CCN(c2nc(=O)n(-c3c(C4COC4)cccc3S(C)(=O)=O)c3nc(-c4c(F)cccc4OC(=O)C4CC4)c(F)cc23)[C@@H](C)C1. The summed E-state index contributed by atoms with van der Waals surface area (Å²) in [6.45, 7) is 6.61. The number of benzene rings is 2. The Labute approximate surface area is 285 Å². The van der Waals surface area contributed by atoms with Gasteiger partial charge in [0.05, 0.1) is 40.7 Å². The first-order valence-electron chi connectivity index (χ1n) is 16.1. The zero-order chi connectivity index (χ0) is 35.5. The summed E-state index contributed by atoms with van der Waals surface area (Å²) < 4.78 is 70.5. The van der Waals surface area contributed by atoms with Crippen LogP contribution in [0.3, 0.4) is 0 Å². The molecule has 0 bridgehead atoms. The van der Waals surface area contributed by atoms with Crippen molar-refractivity contribution >= 4 is 38.6 Å². The van der Waals surface area contributed by atoms with E-state index in [1.807, 2.05) is 6.92 Å². The Morgan fingerprint density at radius 2 is 1.80 bits per heavy atom. The highest BCUT2D eigenvalue weighted by molar-refractivity contribution is 7.90. The summed E-state index contributed by atoms with van der Waals surface area (Å²) in [7, 11) is -3.97. The van der Waals surface area contributed by atoms with Gasteiger partial charge in [-0.3, -0.25) is 9.59 Å². The number of pyridine rings is 1. The van der Waals surface area contributed by atoms with E-state index in [4.69, 9.17) is 9.47 Å². The van der Waals surface area contributed by atoms with Crippen molar-refractivity contribution in [1.82, 2.24) is 19.4 Å². The fraction of sp³-hybridized carbons (Fsp3) is 0.343. The molecule has 0 spiro atoms. The van der Waals surface area contributed by atoms with Gasteiger partial charge in [0.1, 0.15) is 23.1 Å². The van der Waals surface area contributed by atoms with E-state index >= 15 is 8.78 Å². The van der Waals surface area contributed by atoms with Crippen molar-refractivity contribution in [1.29, 1.82) is 0 Å². The maximum Gasteiger partial charge on any atom is 0.355 e. The van der Waals surface area contributed by atoms with Crippen LogP contribution in [0.1, 0.15) is 31.2 Å². The Kier molecular flexibility index (Phi) is 8.50. The largest absolute Gasteiger partial charge is 0.425 e. The molecule has 1 atom stereocenters. The number of esters is 1. The zero-order valence-electron chi connectivity index (χ0n) is 27.3. The Hall–Kier alpha value is -5.02. The number of sulfone groups is 1. The number of ether oxygens (including phenoxy) is 2. The summed E-state index contributed by atoms with van der Waals surface area (Å²) in [6, 6.07) is 8.98. The number of amides is 1. The van der Waals surface area contributed by atoms with Crippen molar-refractivity contribution in [3.63, 3.8) is 0 Å². The molecule has 7 rings (SSSR count). The summed E-state index contributed by atoms with van der Waals surface area (Å²) in [6.07, 6.45) is 3.46. The maximum absolute atomic E-state index is 16.4. The smallest absolute Gasteiger partial charge is 0.355 e.